The highest BCUT2D eigenvalue weighted by Gasteiger charge is 2.35. The molecule has 0 aromatic heterocycles. The van der Waals surface area contributed by atoms with Gasteiger partial charge in [0.15, 0.2) is 0 Å². The molecule has 1 saturated carbocycles. The van der Waals surface area contributed by atoms with Crippen LogP contribution in [0.3, 0.4) is 0 Å². The van der Waals surface area contributed by atoms with Crippen molar-refractivity contribution >= 4 is 17.4 Å². The fraction of sp³-hybridized carbons (Fsp3) is 0.500. The molecule has 2 atom stereocenters. The van der Waals surface area contributed by atoms with Crippen LogP contribution in [-0.4, -0.2) is 11.8 Å². The summed E-state index contributed by atoms with van der Waals surface area (Å²) in [6.07, 6.45) is 2.47. The lowest BCUT2D eigenvalue weighted by molar-refractivity contribution is 0.774. The van der Waals surface area contributed by atoms with Gasteiger partial charge >= 0.3 is 0 Å². The van der Waals surface area contributed by atoms with E-state index in [0.29, 0.717) is 6.04 Å². The molecule has 1 aromatic carbocycles. The Hall–Kier alpha value is -1.14. The minimum absolute atomic E-state index is 0.578. The molecule has 17 heavy (non-hydrogen) atoms. The number of benzene rings is 1. The zero-order valence-electron chi connectivity index (χ0n) is 10.4. The van der Waals surface area contributed by atoms with Crippen molar-refractivity contribution in [1.29, 1.82) is 5.26 Å². The number of nitrogens with zero attached hydrogens (tertiary/aromatic N) is 1. The quantitative estimate of drug-likeness (QED) is 0.801. The van der Waals surface area contributed by atoms with Gasteiger partial charge in [-0.3, -0.25) is 0 Å². The number of thioether (sulfide) groups is 1. The third-order valence-corrected chi connectivity index (χ3v) is 4.17. The minimum Gasteiger partial charge on any atom is -0.381 e. The highest BCUT2D eigenvalue weighted by atomic mass is 32.2. The van der Waals surface area contributed by atoms with Gasteiger partial charge < -0.3 is 5.32 Å². The van der Waals surface area contributed by atoms with E-state index in [0.717, 1.165) is 27.8 Å². The Bertz CT molecular complexity index is 436. The second kappa shape index (κ2) is 5.46. The number of hydrogen-bond acceptors (Lipinski definition) is 3. The molecule has 1 aromatic rings. The van der Waals surface area contributed by atoms with Crippen molar-refractivity contribution in [3.63, 3.8) is 0 Å². The van der Waals surface area contributed by atoms with Crippen molar-refractivity contribution in [1.82, 2.24) is 0 Å². The van der Waals surface area contributed by atoms with Gasteiger partial charge in [0, 0.05) is 10.9 Å². The SMILES string of the molecule is CCSc1cccc(NC2CC2CC)c1C#N. The zero-order chi connectivity index (χ0) is 12.3. The predicted molar refractivity (Wildman–Crippen MR) is 73.4 cm³/mol. The van der Waals surface area contributed by atoms with Gasteiger partial charge in [0.1, 0.15) is 6.07 Å². The summed E-state index contributed by atoms with van der Waals surface area (Å²) in [7, 11) is 0. The minimum atomic E-state index is 0.578. The van der Waals surface area contributed by atoms with E-state index in [-0.39, 0.29) is 0 Å². The average Bonchev–Trinajstić information content (AvgIpc) is 3.08. The second-order valence-corrected chi connectivity index (χ2v) is 5.68. The summed E-state index contributed by atoms with van der Waals surface area (Å²) < 4.78 is 0. The van der Waals surface area contributed by atoms with E-state index in [4.69, 9.17) is 0 Å². The van der Waals surface area contributed by atoms with E-state index in [2.05, 4.69) is 25.2 Å². The molecule has 1 N–H and O–H groups in total. The fourth-order valence-electron chi connectivity index (χ4n) is 2.12. The molecule has 3 heteroatoms. The van der Waals surface area contributed by atoms with E-state index in [1.165, 1.54) is 12.8 Å². The van der Waals surface area contributed by atoms with E-state index in [9.17, 15) is 5.26 Å². The van der Waals surface area contributed by atoms with Gasteiger partial charge in [-0.1, -0.05) is 26.3 Å². The number of hydrogen-bond donors (Lipinski definition) is 1. The van der Waals surface area contributed by atoms with Gasteiger partial charge in [0.25, 0.3) is 0 Å². The third-order valence-electron chi connectivity index (χ3n) is 3.23. The van der Waals surface area contributed by atoms with Crippen LogP contribution in [0, 0.1) is 17.2 Å². The molecule has 0 radical (unpaired) electrons. The van der Waals surface area contributed by atoms with Crippen molar-refractivity contribution in [2.24, 2.45) is 5.92 Å². The van der Waals surface area contributed by atoms with Crippen LogP contribution in [0.5, 0.6) is 0 Å². The summed E-state index contributed by atoms with van der Waals surface area (Å²) in [6.45, 7) is 4.33. The topological polar surface area (TPSA) is 35.8 Å². The normalized spacial score (nSPS) is 21.9. The summed E-state index contributed by atoms with van der Waals surface area (Å²) in [5.41, 5.74) is 1.81. The monoisotopic (exact) mass is 246 g/mol. The highest BCUT2D eigenvalue weighted by molar-refractivity contribution is 7.99. The highest BCUT2D eigenvalue weighted by Crippen LogP contribution is 2.38. The summed E-state index contributed by atoms with van der Waals surface area (Å²) in [6, 6.07) is 8.99. The van der Waals surface area contributed by atoms with Gasteiger partial charge in [-0.2, -0.15) is 5.26 Å². The first-order chi connectivity index (χ1) is 8.30. The van der Waals surface area contributed by atoms with E-state index in [1.54, 1.807) is 11.8 Å². The van der Waals surface area contributed by atoms with E-state index < -0.39 is 0 Å². The summed E-state index contributed by atoms with van der Waals surface area (Å²) in [5, 5.41) is 12.8. The summed E-state index contributed by atoms with van der Waals surface area (Å²) >= 11 is 1.73. The Morgan fingerprint density at radius 1 is 1.47 bits per heavy atom. The molecule has 1 aliphatic rings. The fourth-order valence-corrected chi connectivity index (χ4v) is 2.90. The predicted octanol–water partition coefficient (Wildman–Crippen LogP) is 3.88. The van der Waals surface area contributed by atoms with Gasteiger partial charge in [0.05, 0.1) is 11.3 Å². The number of anilines is 1. The van der Waals surface area contributed by atoms with Gasteiger partial charge in [-0.05, 0) is 30.2 Å². The lowest BCUT2D eigenvalue weighted by atomic mass is 10.2. The maximum Gasteiger partial charge on any atom is 0.102 e. The average molecular weight is 246 g/mol. The Morgan fingerprint density at radius 3 is 2.88 bits per heavy atom. The van der Waals surface area contributed by atoms with Crippen LogP contribution >= 0.6 is 11.8 Å². The maximum absolute atomic E-state index is 9.28. The Balaban J connectivity index is 2.16. The van der Waals surface area contributed by atoms with Crippen molar-refractivity contribution in [2.75, 3.05) is 11.1 Å². The van der Waals surface area contributed by atoms with Crippen molar-refractivity contribution < 1.29 is 0 Å². The largest absolute Gasteiger partial charge is 0.381 e. The first kappa shape index (κ1) is 12.3. The summed E-state index contributed by atoms with van der Waals surface area (Å²) in [4.78, 5) is 1.09. The lowest BCUT2D eigenvalue weighted by Crippen LogP contribution is -2.06. The molecule has 0 bridgehead atoms. The first-order valence-corrected chi connectivity index (χ1v) is 7.21. The van der Waals surface area contributed by atoms with Crippen molar-refractivity contribution in [3.8, 4) is 6.07 Å². The van der Waals surface area contributed by atoms with Crippen LogP contribution in [0.4, 0.5) is 5.69 Å². The van der Waals surface area contributed by atoms with Crippen LogP contribution in [0.15, 0.2) is 23.1 Å². The standard InChI is InChI=1S/C14H18N2S/c1-3-10-8-13(10)16-12-6-5-7-14(17-4-2)11(12)9-15/h5-7,10,13,16H,3-4,8H2,1-2H3. The van der Waals surface area contributed by atoms with E-state index >= 15 is 0 Å². The number of nitriles is 1. The summed E-state index contributed by atoms with van der Waals surface area (Å²) in [5.74, 6) is 1.79. The maximum atomic E-state index is 9.28. The molecule has 0 spiro atoms. The Morgan fingerprint density at radius 2 is 2.29 bits per heavy atom. The molecular weight excluding hydrogens is 228 g/mol. The zero-order valence-corrected chi connectivity index (χ0v) is 11.2. The van der Waals surface area contributed by atoms with Gasteiger partial charge in [-0.25, -0.2) is 0 Å². The molecule has 0 aliphatic heterocycles. The molecular formula is C14H18N2S. The lowest BCUT2D eigenvalue weighted by Gasteiger charge is -2.10. The number of nitrogens with one attached hydrogen (secondary N) is 1. The van der Waals surface area contributed by atoms with Crippen molar-refractivity contribution in [3.05, 3.63) is 23.8 Å². The van der Waals surface area contributed by atoms with Gasteiger partial charge in [-0.15, -0.1) is 11.8 Å². The molecule has 1 aliphatic carbocycles. The molecule has 0 heterocycles. The van der Waals surface area contributed by atoms with Crippen LogP contribution < -0.4 is 5.32 Å². The van der Waals surface area contributed by atoms with Crippen molar-refractivity contribution in [2.45, 2.75) is 37.6 Å². The molecule has 2 nitrogen and oxygen atoms in total. The Labute approximate surface area is 107 Å². The first-order valence-electron chi connectivity index (χ1n) is 6.22. The van der Waals surface area contributed by atoms with Crippen LogP contribution in [0.1, 0.15) is 32.3 Å². The number of rotatable bonds is 5. The molecule has 1 fully saturated rings. The Kier molecular flexibility index (Phi) is 3.96. The molecule has 2 unspecified atom stereocenters. The third kappa shape index (κ3) is 2.76. The van der Waals surface area contributed by atoms with Gasteiger partial charge in [0.2, 0.25) is 0 Å². The molecule has 0 saturated heterocycles. The van der Waals surface area contributed by atoms with Crippen LogP contribution in [0.25, 0.3) is 0 Å². The van der Waals surface area contributed by atoms with E-state index in [1.807, 2.05) is 18.2 Å². The smallest absolute Gasteiger partial charge is 0.102 e. The second-order valence-electron chi connectivity index (χ2n) is 4.38. The van der Waals surface area contributed by atoms with Crippen LogP contribution in [-0.2, 0) is 0 Å². The van der Waals surface area contributed by atoms with Crippen LogP contribution in [0.2, 0.25) is 0 Å². The molecule has 90 valence electrons. The molecule has 0 amide bonds. The molecule has 2 rings (SSSR count).